The number of fused-ring (bicyclic) bond motifs is 2. The second-order valence-electron chi connectivity index (χ2n) is 9.32. The van der Waals surface area contributed by atoms with Crippen LogP contribution in [0.3, 0.4) is 0 Å². The number of carbonyl (C=O) groups is 1. The van der Waals surface area contributed by atoms with Crippen molar-refractivity contribution in [3.63, 3.8) is 0 Å². The quantitative estimate of drug-likeness (QED) is 0.517. The maximum atomic E-state index is 13.5. The molecule has 0 radical (unpaired) electrons. The molecule has 0 bridgehead atoms. The van der Waals surface area contributed by atoms with E-state index >= 15 is 0 Å². The highest BCUT2D eigenvalue weighted by Crippen LogP contribution is 2.34. The second kappa shape index (κ2) is 9.10. The molecular weight excluding hydrogens is 489 g/mol. The summed E-state index contributed by atoms with van der Waals surface area (Å²) < 4.78 is 45.9. The summed E-state index contributed by atoms with van der Waals surface area (Å²) in [6.07, 6.45) is -3.05. The summed E-state index contributed by atoms with van der Waals surface area (Å²) in [5, 5.41) is 17.6. The van der Waals surface area contributed by atoms with Crippen LogP contribution in [0.4, 0.5) is 23.7 Å². The Labute approximate surface area is 210 Å². The highest BCUT2D eigenvalue weighted by molar-refractivity contribution is 5.95. The topological polar surface area (TPSA) is 103 Å². The fourth-order valence-corrected chi connectivity index (χ4v) is 5.28. The van der Waals surface area contributed by atoms with Crippen molar-refractivity contribution in [2.75, 3.05) is 31.6 Å². The first kappa shape index (κ1) is 24.6. The van der Waals surface area contributed by atoms with Gasteiger partial charge in [-0.1, -0.05) is 0 Å². The molecule has 10 nitrogen and oxygen atoms in total. The molecule has 2 aliphatic rings. The molecule has 0 N–H and O–H groups in total. The van der Waals surface area contributed by atoms with Crippen LogP contribution in [-0.4, -0.2) is 74.4 Å². The Morgan fingerprint density at radius 1 is 1.16 bits per heavy atom. The summed E-state index contributed by atoms with van der Waals surface area (Å²) in [6, 6.07) is 7.03. The van der Waals surface area contributed by atoms with Gasteiger partial charge in [-0.25, -0.2) is 4.79 Å². The minimum Gasteiger partial charge on any atom is -0.497 e. The lowest BCUT2D eigenvalue weighted by Crippen LogP contribution is -2.62. The van der Waals surface area contributed by atoms with Gasteiger partial charge >= 0.3 is 12.2 Å². The number of halogens is 3. The monoisotopic (exact) mass is 514 g/mol. The van der Waals surface area contributed by atoms with Gasteiger partial charge in [0.1, 0.15) is 11.8 Å². The molecular formula is C24H25F3N8O2. The number of anilines is 1. The highest BCUT2D eigenvalue weighted by Gasteiger charge is 2.42. The van der Waals surface area contributed by atoms with Crippen LogP contribution in [0.15, 0.2) is 24.4 Å². The number of nitriles is 1. The van der Waals surface area contributed by atoms with Gasteiger partial charge in [-0.05, 0) is 26.0 Å². The van der Waals surface area contributed by atoms with Gasteiger partial charge in [0.15, 0.2) is 5.82 Å². The number of hydrogen-bond donors (Lipinski definition) is 0. The highest BCUT2D eigenvalue weighted by atomic mass is 19.4. The van der Waals surface area contributed by atoms with E-state index < -0.39 is 12.0 Å². The van der Waals surface area contributed by atoms with Crippen molar-refractivity contribution >= 4 is 22.6 Å². The SMILES string of the molecule is COc1ccc2c(N3C[C@@H](C)N(C(=O)N4CCn5c(nnc5C(F)(F)F)C4)[C@@H](C)C3)c(C#N)cnc2c1. The third kappa shape index (κ3) is 4.26. The lowest BCUT2D eigenvalue weighted by Gasteiger charge is -2.47. The van der Waals surface area contributed by atoms with Crippen molar-refractivity contribution in [2.45, 2.75) is 45.2 Å². The number of benzene rings is 1. The third-order valence-electron chi connectivity index (χ3n) is 6.90. The Morgan fingerprint density at radius 3 is 2.54 bits per heavy atom. The predicted molar refractivity (Wildman–Crippen MR) is 127 cm³/mol. The van der Waals surface area contributed by atoms with Crippen LogP contribution in [0.2, 0.25) is 0 Å². The summed E-state index contributed by atoms with van der Waals surface area (Å²) in [7, 11) is 1.58. The van der Waals surface area contributed by atoms with E-state index in [1.54, 1.807) is 18.2 Å². The van der Waals surface area contributed by atoms with Crippen molar-refractivity contribution in [3.05, 3.63) is 41.6 Å². The number of methoxy groups -OCH3 is 1. The van der Waals surface area contributed by atoms with Crippen LogP contribution in [0.1, 0.15) is 31.1 Å². The number of aromatic nitrogens is 4. The third-order valence-corrected chi connectivity index (χ3v) is 6.90. The number of carbonyl (C=O) groups excluding carboxylic acids is 1. The van der Waals surface area contributed by atoms with E-state index in [1.807, 2.05) is 32.0 Å². The summed E-state index contributed by atoms with van der Waals surface area (Å²) in [6.45, 7) is 4.85. The van der Waals surface area contributed by atoms with Crippen molar-refractivity contribution in [1.82, 2.24) is 29.5 Å². The lowest BCUT2D eigenvalue weighted by atomic mass is 10.0. The second-order valence-corrected chi connectivity index (χ2v) is 9.32. The normalized spacial score (nSPS) is 20.1. The van der Waals surface area contributed by atoms with Gasteiger partial charge < -0.3 is 24.0 Å². The van der Waals surface area contributed by atoms with E-state index in [-0.39, 0.29) is 43.6 Å². The van der Waals surface area contributed by atoms with Gasteiger partial charge in [-0.2, -0.15) is 18.4 Å². The summed E-state index contributed by atoms with van der Waals surface area (Å²) >= 11 is 0. The maximum Gasteiger partial charge on any atom is 0.451 e. The first-order chi connectivity index (χ1) is 17.6. The van der Waals surface area contributed by atoms with E-state index in [4.69, 9.17) is 4.74 Å². The number of pyridine rings is 1. The van der Waals surface area contributed by atoms with E-state index in [0.717, 1.165) is 15.6 Å². The number of amides is 2. The number of rotatable bonds is 2. The number of urea groups is 1. The molecule has 2 aromatic heterocycles. The van der Waals surface area contributed by atoms with Crippen molar-refractivity contribution < 1.29 is 22.7 Å². The largest absolute Gasteiger partial charge is 0.497 e. The first-order valence-electron chi connectivity index (χ1n) is 11.8. The van der Waals surface area contributed by atoms with Gasteiger partial charge in [0.05, 0.1) is 30.4 Å². The average Bonchev–Trinajstić information content (AvgIpc) is 3.31. The Balaban J connectivity index is 1.38. The van der Waals surface area contributed by atoms with Crippen LogP contribution < -0.4 is 9.64 Å². The summed E-state index contributed by atoms with van der Waals surface area (Å²) in [5.74, 6) is -0.267. The molecule has 4 heterocycles. The zero-order valence-electron chi connectivity index (χ0n) is 20.5. The van der Waals surface area contributed by atoms with Crippen molar-refractivity contribution in [1.29, 1.82) is 5.26 Å². The fourth-order valence-electron chi connectivity index (χ4n) is 5.28. The zero-order valence-corrected chi connectivity index (χ0v) is 20.5. The number of alkyl halides is 3. The smallest absolute Gasteiger partial charge is 0.451 e. The zero-order chi connectivity index (χ0) is 26.5. The van der Waals surface area contributed by atoms with E-state index in [2.05, 4.69) is 26.2 Å². The number of piperazine rings is 1. The molecule has 1 saturated heterocycles. The van der Waals surface area contributed by atoms with Gasteiger partial charge in [-0.15, -0.1) is 10.2 Å². The molecule has 5 rings (SSSR count). The molecule has 0 unspecified atom stereocenters. The van der Waals surface area contributed by atoms with Gasteiger partial charge in [0.25, 0.3) is 0 Å². The Kier molecular flexibility index (Phi) is 6.05. The van der Waals surface area contributed by atoms with Crippen LogP contribution in [-0.2, 0) is 19.3 Å². The van der Waals surface area contributed by atoms with E-state index in [0.29, 0.717) is 29.9 Å². The molecule has 1 fully saturated rings. The van der Waals surface area contributed by atoms with Crippen molar-refractivity contribution in [2.24, 2.45) is 0 Å². The van der Waals surface area contributed by atoms with Crippen LogP contribution in [0, 0.1) is 11.3 Å². The maximum absolute atomic E-state index is 13.5. The van der Waals surface area contributed by atoms with Crippen LogP contribution in [0.5, 0.6) is 5.75 Å². The molecule has 2 atom stereocenters. The standard InChI is InChI=1S/C24H25F3N8O2/c1-14-11-33(21-16(9-28)10-29-19-8-17(37-3)4-5-18(19)21)12-15(2)35(14)23(36)32-6-7-34-20(13-32)30-31-22(34)24(25,26)27/h4-5,8,10,14-15H,6-7,11-13H2,1-3H3/t14-,15+. The molecule has 37 heavy (non-hydrogen) atoms. The Hall–Kier alpha value is -4.08. The molecule has 2 amide bonds. The minimum atomic E-state index is -4.60. The molecule has 2 aliphatic heterocycles. The molecule has 0 aliphatic carbocycles. The van der Waals surface area contributed by atoms with Crippen LogP contribution in [0.25, 0.3) is 10.9 Å². The first-order valence-corrected chi connectivity index (χ1v) is 11.8. The van der Waals surface area contributed by atoms with E-state index in [1.165, 1.54) is 4.90 Å². The molecule has 1 aromatic carbocycles. The minimum absolute atomic E-state index is 0.0242. The van der Waals surface area contributed by atoms with Gasteiger partial charge in [0.2, 0.25) is 5.82 Å². The molecule has 0 spiro atoms. The number of ether oxygens (including phenoxy) is 1. The number of nitrogens with zero attached hydrogens (tertiary/aromatic N) is 8. The van der Waals surface area contributed by atoms with Gasteiger partial charge in [0, 0.05) is 55.9 Å². The molecule has 3 aromatic rings. The summed E-state index contributed by atoms with van der Waals surface area (Å²) in [4.78, 5) is 23.3. The van der Waals surface area contributed by atoms with E-state index in [9.17, 15) is 23.2 Å². The molecule has 0 saturated carbocycles. The molecule has 194 valence electrons. The van der Waals surface area contributed by atoms with Crippen LogP contribution >= 0.6 is 0 Å². The number of hydrogen-bond acceptors (Lipinski definition) is 7. The van der Waals surface area contributed by atoms with Crippen molar-refractivity contribution in [3.8, 4) is 11.8 Å². The predicted octanol–water partition coefficient (Wildman–Crippen LogP) is 3.26. The molecule has 13 heteroatoms. The Bertz CT molecular complexity index is 1390. The fraction of sp³-hybridized carbons (Fsp3) is 0.458. The lowest BCUT2D eigenvalue weighted by molar-refractivity contribution is -0.147. The summed E-state index contributed by atoms with van der Waals surface area (Å²) in [5.41, 5.74) is 1.89. The van der Waals surface area contributed by atoms with Gasteiger partial charge in [-0.3, -0.25) is 4.98 Å². The average molecular weight is 515 g/mol. The Morgan fingerprint density at radius 2 is 1.89 bits per heavy atom.